The molecule has 0 saturated heterocycles. The molecule has 0 radical (unpaired) electrons. The van der Waals surface area contributed by atoms with Crippen molar-refractivity contribution in [3.63, 3.8) is 0 Å². The fourth-order valence-electron chi connectivity index (χ4n) is 2.01. The minimum atomic E-state index is -0.319. The van der Waals surface area contributed by atoms with Crippen LogP contribution in [0.15, 0.2) is 0 Å². The average molecular weight is 342 g/mol. The molecule has 0 saturated carbocycles. The molecule has 2 rings (SSSR count). The van der Waals surface area contributed by atoms with E-state index in [1.54, 1.807) is 0 Å². The molecule has 0 fully saturated rings. The number of aryl methyl sites for hydroxylation is 1. The minimum Gasteiger partial charge on any atom is -0.462 e. The van der Waals surface area contributed by atoms with Crippen LogP contribution in [0.4, 0.5) is 5.82 Å². The number of nitrogens with zero attached hydrogens (tertiary/aromatic N) is 2. The molecule has 0 unspecified atom stereocenters. The zero-order valence-electron chi connectivity index (χ0n) is 13.4. The van der Waals surface area contributed by atoms with Crippen LogP contribution >= 0.6 is 22.9 Å². The molecule has 0 aliphatic carbocycles. The Morgan fingerprint density at radius 1 is 1.36 bits per heavy atom. The van der Waals surface area contributed by atoms with Crippen molar-refractivity contribution >= 4 is 44.9 Å². The molecule has 22 heavy (non-hydrogen) atoms. The first kappa shape index (κ1) is 17.0. The predicted molar refractivity (Wildman–Crippen MR) is 91.1 cm³/mol. The number of hydrogen-bond acceptors (Lipinski definition) is 6. The fraction of sp³-hybridized carbons (Fsp3) is 0.533. The van der Waals surface area contributed by atoms with E-state index in [-0.39, 0.29) is 16.8 Å². The van der Waals surface area contributed by atoms with Crippen LogP contribution < -0.4 is 5.32 Å². The Morgan fingerprint density at radius 3 is 2.64 bits per heavy atom. The van der Waals surface area contributed by atoms with Crippen molar-refractivity contribution in [2.45, 2.75) is 46.6 Å². The molecular formula is C15H20ClN3O2S. The summed E-state index contributed by atoms with van der Waals surface area (Å²) in [4.78, 5) is 21.9. The van der Waals surface area contributed by atoms with E-state index < -0.39 is 0 Å². The molecule has 0 bridgehead atoms. The fourth-order valence-corrected chi connectivity index (χ4v) is 3.31. The minimum absolute atomic E-state index is 0.161. The summed E-state index contributed by atoms with van der Waals surface area (Å²) in [5.74, 6) is 0.325. The second-order valence-corrected chi connectivity index (χ2v) is 7.43. The molecule has 2 aromatic heterocycles. The maximum atomic E-state index is 12.2. The summed E-state index contributed by atoms with van der Waals surface area (Å²) in [5, 5.41) is 4.31. The highest BCUT2D eigenvalue weighted by Gasteiger charge is 2.23. The quantitative estimate of drug-likeness (QED) is 0.658. The number of thiophene rings is 1. The smallest absolute Gasteiger partial charge is 0.348 e. The monoisotopic (exact) mass is 341 g/mol. The number of fused-ring (bicyclic) bond motifs is 1. The molecule has 0 aliphatic rings. The molecule has 0 amide bonds. The lowest BCUT2D eigenvalue weighted by Gasteiger charge is -2.22. The van der Waals surface area contributed by atoms with E-state index in [0.29, 0.717) is 22.1 Å². The Bertz CT molecular complexity index is 707. The summed E-state index contributed by atoms with van der Waals surface area (Å²) in [6, 6.07) is 0. The summed E-state index contributed by atoms with van der Waals surface area (Å²) >= 11 is 7.29. The summed E-state index contributed by atoms with van der Waals surface area (Å²) in [5.41, 5.74) is 0.645. The van der Waals surface area contributed by atoms with Crippen molar-refractivity contribution in [1.29, 1.82) is 0 Å². The maximum absolute atomic E-state index is 12.2. The second kappa shape index (κ2) is 6.38. The van der Waals surface area contributed by atoms with Crippen molar-refractivity contribution < 1.29 is 9.53 Å². The van der Waals surface area contributed by atoms with Gasteiger partial charge in [0.2, 0.25) is 5.28 Å². The van der Waals surface area contributed by atoms with Gasteiger partial charge in [-0.05, 0) is 51.3 Å². The van der Waals surface area contributed by atoms with Crippen molar-refractivity contribution in [1.82, 2.24) is 9.97 Å². The Morgan fingerprint density at radius 2 is 2.05 bits per heavy atom. The Hall–Kier alpha value is -1.40. The van der Waals surface area contributed by atoms with Gasteiger partial charge in [-0.1, -0.05) is 6.92 Å². The Kier molecular flexibility index (Phi) is 4.92. The van der Waals surface area contributed by atoms with E-state index in [9.17, 15) is 4.79 Å². The summed E-state index contributed by atoms with van der Waals surface area (Å²) < 4.78 is 5.23. The lowest BCUT2D eigenvalue weighted by molar-refractivity contribution is 0.0510. The van der Waals surface area contributed by atoms with Gasteiger partial charge in [0, 0.05) is 5.54 Å². The lowest BCUT2D eigenvalue weighted by atomic mass is 10.1. The molecule has 1 N–H and O–H groups in total. The molecule has 120 valence electrons. The molecular weight excluding hydrogens is 322 g/mol. The highest BCUT2D eigenvalue weighted by Crippen LogP contribution is 2.35. The molecule has 0 aromatic carbocycles. The number of nitrogens with one attached hydrogen (secondary N) is 1. The van der Waals surface area contributed by atoms with Crippen LogP contribution in [0, 0.1) is 6.92 Å². The van der Waals surface area contributed by atoms with Gasteiger partial charge in [0.25, 0.3) is 0 Å². The predicted octanol–water partition coefficient (Wildman–Crippen LogP) is 4.43. The van der Waals surface area contributed by atoms with E-state index >= 15 is 0 Å². The van der Waals surface area contributed by atoms with E-state index in [0.717, 1.165) is 17.4 Å². The SMILES string of the molecule is CCCOC(=O)c1sc2nc(Cl)nc(NC(C)(C)C)c2c1C. The number of aromatic nitrogens is 2. The molecule has 2 aromatic rings. The van der Waals surface area contributed by atoms with Crippen molar-refractivity contribution in [3.05, 3.63) is 15.7 Å². The van der Waals surface area contributed by atoms with Crippen LogP contribution in [0.25, 0.3) is 10.2 Å². The van der Waals surface area contributed by atoms with Gasteiger partial charge in [0.1, 0.15) is 15.5 Å². The van der Waals surface area contributed by atoms with Crippen LogP contribution in [0.1, 0.15) is 49.4 Å². The third-order valence-corrected chi connectivity index (χ3v) is 4.21. The number of esters is 1. The molecule has 5 nitrogen and oxygen atoms in total. The third kappa shape index (κ3) is 3.67. The van der Waals surface area contributed by atoms with E-state index in [1.807, 2.05) is 34.6 Å². The van der Waals surface area contributed by atoms with Crippen LogP contribution in [-0.4, -0.2) is 28.1 Å². The molecule has 2 heterocycles. The van der Waals surface area contributed by atoms with Gasteiger partial charge < -0.3 is 10.1 Å². The van der Waals surface area contributed by atoms with Gasteiger partial charge in [-0.25, -0.2) is 14.8 Å². The number of halogens is 1. The summed E-state index contributed by atoms with van der Waals surface area (Å²) in [7, 11) is 0. The second-order valence-electron chi connectivity index (χ2n) is 6.09. The van der Waals surface area contributed by atoms with Crippen molar-refractivity contribution in [3.8, 4) is 0 Å². The van der Waals surface area contributed by atoms with Crippen LogP contribution in [-0.2, 0) is 4.74 Å². The number of carbonyl (C=O) groups is 1. The number of ether oxygens (including phenoxy) is 1. The first-order valence-corrected chi connectivity index (χ1v) is 8.34. The number of rotatable bonds is 4. The van der Waals surface area contributed by atoms with Crippen molar-refractivity contribution in [2.75, 3.05) is 11.9 Å². The van der Waals surface area contributed by atoms with E-state index in [1.165, 1.54) is 11.3 Å². The highest BCUT2D eigenvalue weighted by molar-refractivity contribution is 7.20. The highest BCUT2D eigenvalue weighted by atomic mass is 35.5. The normalized spacial score (nSPS) is 11.7. The molecule has 0 spiro atoms. The van der Waals surface area contributed by atoms with Crippen LogP contribution in [0.5, 0.6) is 0 Å². The van der Waals surface area contributed by atoms with E-state index in [2.05, 4.69) is 15.3 Å². The molecule has 7 heteroatoms. The zero-order valence-corrected chi connectivity index (χ0v) is 15.0. The molecule has 0 atom stereocenters. The Balaban J connectivity index is 2.54. The lowest BCUT2D eigenvalue weighted by Crippen LogP contribution is -2.27. The van der Waals surface area contributed by atoms with Crippen molar-refractivity contribution in [2.24, 2.45) is 0 Å². The number of hydrogen-bond donors (Lipinski definition) is 1. The van der Waals surface area contributed by atoms with Gasteiger partial charge in [-0.15, -0.1) is 11.3 Å². The van der Waals surface area contributed by atoms with Crippen LogP contribution in [0.2, 0.25) is 5.28 Å². The number of anilines is 1. The largest absolute Gasteiger partial charge is 0.462 e. The van der Waals surface area contributed by atoms with Gasteiger partial charge in [-0.2, -0.15) is 0 Å². The summed E-state index contributed by atoms with van der Waals surface area (Å²) in [6.45, 7) is 10.4. The Labute approximate surface area is 139 Å². The molecule has 0 aliphatic heterocycles. The zero-order chi connectivity index (χ0) is 16.5. The third-order valence-electron chi connectivity index (χ3n) is 2.88. The van der Waals surface area contributed by atoms with Gasteiger partial charge in [-0.3, -0.25) is 0 Å². The van der Waals surface area contributed by atoms with E-state index in [4.69, 9.17) is 16.3 Å². The first-order valence-electron chi connectivity index (χ1n) is 7.15. The maximum Gasteiger partial charge on any atom is 0.348 e. The van der Waals surface area contributed by atoms with Gasteiger partial charge in [0.05, 0.1) is 12.0 Å². The standard InChI is InChI=1S/C15H20ClN3O2S/c1-6-7-21-13(20)10-8(2)9-11(19-15(3,4)5)17-14(16)18-12(9)22-10/h6-7H2,1-5H3,(H,17,18,19). The first-order chi connectivity index (χ1) is 10.2. The number of carbonyl (C=O) groups excluding carboxylic acids is 1. The average Bonchev–Trinajstić information content (AvgIpc) is 2.71. The summed E-state index contributed by atoms with van der Waals surface area (Å²) in [6.07, 6.45) is 0.790. The van der Waals surface area contributed by atoms with Crippen LogP contribution in [0.3, 0.4) is 0 Å². The van der Waals surface area contributed by atoms with Gasteiger partial charge >= 0.3 is 5.97 Å². The topological polar surface area (TPSA) is 64.1 Å². The van der Waals surface area contributed by atoms with Gasteiger partial charge in [0.15, 0.2) is 0 Å².